The van der Waals surface area contributed by atoms with Gasteiger partial charge < -0.3 is 4.74 Å². The van der Waals surface area contributed by atoms with Crippen molar-refractivity contribution in [2.75, 3.05) is 6.61 Å². The highest BCUT2D eigenvalue weighted by molar-refractivity contribution is 5.70. The maximum atomic E-state index is 11.7. The summed E-state index contributed by atoms with van der Waals surface area (Å²) in [5.74, 6) is 4.30. The third-order valence-electron chi connectivity index (χ3n) is 6.34. The molecule has 2 aliphatic carbocycles. The van der Waals surface area contributed by atoms with Gasteiger partial charge in [0.1, 0.15) is 0 Å². The van der Waals surface area contributed by atoms with E-state index in [1.807, 2.05) is 0 Å². The minimum Gasteiger partial charge on any atom is -0.465 e. The number of fused-ring (bicyclic) bond motifs is 5. The molecule has 3 fully saturated rings. The summed E-state index contributed by atoms with van der Waals surface area (Å²) >= 11 is 0. The van der Waals surface area contributed by atoms with Crippen molar-refractivity contribution in [2.24, 2.45) is 46.3 Å². The molecule has 0 radical (unpaired) electrons. The number of hydrogen-bond donors (Lipinski definition) is 0. The first-order chi connectivity index (χ1) is 9.10. The average Bonchev–Trinajstić information content (AvgIpc) is 2.81. The molecule has 2 heteroatoms. The van der Waals surface area contributed by atoms with Crippen LogP contribution in [0.15, 0.2) is 0 Å². The molecule has 3 aliphatic rings. The number of esters is 1. The van der Waals surface area contributed by atoms with Crippen molar-refractivity contribution in [2.45, 2.75) is 54.4 Å². The molecule has 0 amide bonds. The third kappa shape index (κ3) is 2.02. The fraction of sp³-hybridized carbons (Fsp3) is 0.944. The van der Waals surface area contributed by atoms with E-state index in [-0.39, 0.29) is 5.97 Å². The standard InChI is InChI=1S/C18H30O2/c1-17(2,3)15-11-7-12(16(15)18(4,5)6)13-9-20-14(19)8-10(11)13/h10-13,15-16H,7-9H2,1-6H3. The van der Waals surface area contributed by atoms with E-state index in [1.165, 1.54) is 6.42 Å². The predicted molar refractivity (Wildman–Crippen MR) is 80.0 cm³/mol. The van der Waals surface area contributed by atoms with Gasteiger partial charge in [0, 0.05) is 6.42 Å². The fourth-order valence-corrected chi connectivity index (χ4v) is 6.01. The molecular weight excluding hydrogens is 248 g/mol. The third-order valence-corrected chi connectivity index (χ3v) is 6.34. The van der Waals surface area contributed by atoms with E-state index in [9.17, 15) is 4.79 Å². The molecule has 2 nitrogen and oxygen atoms in total. The Labute approximate surface area is 123 Å². The number of carbonyl (C=O) groups is 1. The minimum atomic E-state index is 0.0405. The van der Waals surface area contributed by atoms with Crippen LogP contribution in [0.5, 0.6) is 0 Å². The molecular formula is C18H30O2. The zero-order chi connectivity index (χ0) is 14.9. The normalized spacial score (nSPS) is 44.4. The Balaban J connectivity index is 1.96. The Morgan fingerprint density at radius 2 is 1.35 bits per heavy atom. The van der Waals surface area contributed by atoms with Gasteiger partial charge in [0.2, 0.25) is 0 Å². The lowest BCUT2D eigenvalue weighted by atomic mass is 9.54. The first-order valence-electron chi connectivity index (χ1n) is 8.26. The molecule has 114 valence electrons. The summed E-state index contributed by atoms with van der Waals surface area (Å²) in [7, 11) is 0. The first kappa shape index (κ1) is 14.4. The molecule has 0 aromatic carbocycles. The molecule has 1 saturated heterocycles. The van der Waals surface area contributed by atoms with Crippen LogP contribution in [0, 0.1) is 46.3 Å². The van der Waals surface area contributed by atoms with Crippen molar-refractivity contribution in [1.82, 2.24) is 0 Å². The second-order valence-corrected chi connectivity index (χ2v) is 9.56. The van der Waals surface area contributed by atoms with Gasteiger partial charge >= 0.3 is 5.97 Å². The number of hydrogen-bond acceptors (Lipinski definition) is 2. The van der Waals surface area contributed by atoms with Crippen molar-refractivity contribution < 1.29 is 9.53 Å². The molecule has 2 bridgehead atoms. The molecule has 6 unspecified atom stereocenters. The van der Waals surface area contributed by atoms with Gasteiger partial charge in [-0.2, -0.15) is 0 Å². The zero-order valence-corrected chi connectivity index (χ0v) is 13.9. The van der Waals surface area contributed by atoms with E-state index >= 15 is 0 Å². The zero-order valence-electron chi connectivity index (χ0n) is 13.9. The van der Waals surface area contributed by atoms with Crippen molar-refractivity contribution in [3.63, 3.8) is 0 Å². The summed E-state index contributed by atoms with van der Waals surface area (Å²) in [6, 6.07) is 0. The van der Waals surface area contributed by atoms with Crippen molar-refractivity contribution in [3.05, 3.63) is 0 Å². The van der Waals surface area contributed by atoms with E-state index in [0.717, 1.165) is 23.7 Å². The summed E-state index contributed by atoms with van der Waals surface area (Å²) in [5, 5.41) is 0. The number of rotatable bonds is 0. The van der Waals surface area contributed by atoms with Crippen LogP contribution in [0.2, 0.25) is 0 Å². The van der Waals surface area contributed by atoms with Gasteiger partial charge in [0.05, 0.1) is 6.61 Å². The Morgan fingerprint density at radius 3 is 1.85 bits per heavy atom. The summed E-state index contributed by atoms with van der Waals surface area (Å²) in [6.45, 7) is 15.1. The molecule has 0 aromatic heterocycles. The van der Waals surface area contributed by atoms with Crippen LogP contribution < -0.4 is 0 Å². The monoisotopic (exact) mass is 278 g/mol. The molecule has 1 aliphatic heterocycles. The van der Waals surface area contributed by atoms with E-state index in [2.05, 4.69) is 41.5 Å². The maximum Gasteiger partial charge on any atom is 0.306 e. The highest BCUT2D eigenvalue weighted by Gasteiger charge is 2.63. The quantitative estimate of drug-likeness (QED) is 0.622. The smallest absolute Gasteiger partial charge is 0.306 e. The Hall–Kier alpha value is -0.530. The van der Waals surface area contributed by atoms with Crippen LogP contribution in [0.4, 0.5) is 0 Å². The average molecular weight is 278 g/mol. The van der Waals surface area contributed by atoms with E-state index < -0.39 is 0 Å². The van der Waals surface area contributed by atoms with Crippen LogP contribution in [0.25, 0.3) is 0 Å². The highest BCUT2D eigenvalue weighted by atomic mass is 16.5. The molecule has 2 saturated carbocycles. The summed E-state index contributed by atoms with van der Waals surface area (Å²) in [5.41, 5.74) is 0.688. The SMILES string of the molecule is CC(C)(C)C1C2CC(C3CC(=O)OCC32)C1C(C)(C)C. The Kier molecular flexibility index (Phi) is 3.05. The van der Waals surface area contributed by atoms with Crippen molar-refractivity contribution in [3.8, 4) is 0 Å². The second kappa shape index (κ2) is 4.24. The second-order valence-electron chi connectivity index (χ2n) is 9.56. The fourth-order valence-electron chi connectivity index (χ4n) is 6.01. The molecule has 3 rings (SSSR count). The molecule has 6 atom stereocenters. The number of cyclic esters (lactones) is 1. The lowest BCUT2D eigenvalue weighted by molar-refractivity contribution is -0.160. The van der Waals surface area contributed by atoms with Crippen LogP contribution >= 0.6 is 0 Å². The van der Waals surface area contributed by atoms with E-state index in [4.69, 9.17) is 4.74 Å². The van der Waals surface area contributed by atoms with Gasteiger partial charge in [0.25, 0.3) is 0 Å². The summed E-state index contributed by atoms with van der Waals surface area (Å²) in [6.07, 6.45) is 2.01. The summed E-state index contributed by atoms with van der Waals surface area (Å²) in [4.78, 5) is 11.7. The lowest BCUT2D eigenvalue weighted by Crippen LogP contribution is -2.49. The van der Waals surface area contributed by atoms with Gasteiger partial charge in [-0.15, -0.1) is 0 Å². The maximum absolute atomic E-state index is 11.7. The van der Waals surface area contributed by atoms with E-state index in [0.29, 0.717) is 35.7 Å². The Morgan fingerprint density at radius 1 is 0.850 bits per heavy atom. The topological polar surface area (TPSA) is 26.3 Å². The molecule has 1 heterocycles. The predicted octanol–water partition coefficient (Wildman–Crippen LogP) is 4.14. The molecule has 0 N–H and O–H groups in total. The first-order valence-corrected chi connectivity index (χ1v) is 8.26. The molecule has 20 heavy (non-hydrogen) atoms. The number of carbonyl (C=O) groups excluding carboxylic acids is 1. The van der Waals surface area contributed by atoms with Gasteiger partial charge in [0.15, 0.2) is 0 Å². The van der Waals surface area contributed by atoms with Gasteiger partial charge in [-0.3, -0.25) is 4.79 Å². The largest absolute Gasteiger partial charge is 0.465 e. The minimum absolute atomic E-state index is 0.0405. The lowest BCUT2D eigenvalue weighted by Gasteiger charge is -2.52. The van der Waals surface area contributed by atoms with Crippen LogP contribution in [-0.2, 0) is 9.53 Å². The Bertz CT molecular complexity index is 412. The van der Waals surface area contributed by atoms with E-state index in [1.54, 1.807) is 0 Å². The van der Waals surface area contributed by atoms with Gasteiger partial charge in [-0.1, -0.05) is 41.5 Å². The number of ether oxygens (including phenoxy) is 1. The van der Waals surface area contributed by atoms with Gasteiger partial charge in [-0.05, 0) is 52.8 Å². The van der Waals surface area contributed by atoms with Crippen LogP contribution in [-0.4, -0.2) is 12.6 Å². The summed E-state index contributed by atoms with van der Waals surface area (Å²) < 4.78 is 5.39. The van der Waals surface area contributed by atoms with Gasteiger partial charge in [-0.25, -0.2) is 0 Å². The van der Waals surface area contributed by atoms with Crippen molar-refractivity contribution in [1.29, 1.82) is 0 Å². The highest BCUT2D eigenvalue weighted by Crippen LogP contribution is 2.67. The van der Waals surface area contributed by atoms with Crippen LogP contribution in [0.1, 0.15) is 54.4 Å². The van der Waals surface area contributed by atoms with Crippen LogP contribution in [0.3, 0.4) is 0 Å². The molecule has 0 spiro atoms. The van der Waals surface area contributed by atoms with Crippen molar-refractivity contribution >= 4 is 5.97 Å². The molecule has 0 aromatic rings.